The van der Waals surface area contributed by atoms with Gasteiger partial charge in [-0.2, -0.15) is 0 Å². The van der Waals surface area contributed by atoms with Crippen LogP contribution in [0.1, 0.15) is 16.7 Å². The van der Waals surface area contributed by atoms with Crippen molar-refractivity contribution in [1.29, 1.82) is 0 Å². The lowest BCUT2D eigenvalue weighted by Crippen LogP contribution is -1.99. The molecule has 0 aliphatic heterocycles. The Morgan fingerprint density at radius 3 is 2.58 bits per heavy atom. The number of anilines is 1. The van der Waals surface area contributed by atoms with Crippen LogP contribution in [0.15, 0.2) is 43.2 Å². The molecule has 19 heavy (non-hydrogen) atoms. The van der Waals surface area contributed by atoms with Crippen molar-refractivity contribution in [3.8, 4) is 0 Å². The minimum Gasteiger partial charge on any atom is -0.398 e. The minimum atomic E-state index is -0.440. The molecule has 1 aromatic heterocycles. The smallest absolute Gasteiger partial charge is 0.274 e. The number of nitrogen functional groups attached to an aromatic ring is 1. The van der Waals surface area contributed by atoms with Crippen molar-refractivity contribution in [2.75, 3.05) is 5.73 Å². The molecular weight excluding hydrogens is 242 g/mol. The molecule has 0 spiro atoms. The summed E-state index contributed by atoms with van der Waals surface area (Å²) in [5.41, 5.74) is 9.12. The van der Waals surface area contributed by atoms with E-state index in [1.54, 1.807) is 25.4 Å². The molecule has 0 aliphatic rings. The zero-order valence-electron chi connectivity index (χ0n) is 10.5. The van der Waals surface area contributed by atoms with Crippen LogP contribution >= 0.6 is 0 Å². The number of nitro benzene ring substituents is 1. The highest BCUT2D eigenvalue weighted by Gasteiger charge is 2.15. The van der Waals surface area contributed by atoms with E-state index in [1.165, 1.54) is 6.07 Å². The molecule has 0 saturated carbocycles. The fourth-order valence-electron chi connectivity index (χ4n) is 1.88. The molecule has 1 aromatic carbocycles. The van der Waals surface area contributed by atoms with Crippen LogP contribution in [0, 0.1) is 17.0 Å². The molecule has 0 aliphatic carbocycles. The molecule has 2 aromatic rings. The normalized spacial score (nSPS) is 10.2. The van der Waals surface area contributed by atoms with Crippen molar-refractivity contribution in [2.45, 2.75) is 6.92 Å². The van der Waals surface area contributed by atoms with Gasteiger partial charge in [-0.15, -0.1) is 0 Å². The summed E-state index contributed by atoms with van der Waals surface area (Å²) in [5, 5.41) is 10.8. The fourth-order valence-corrected chi connectivity index (χ4v) is 1.88. The first-order valence-corrected chi connectivity index (χ1v) is 5.65. The van der Waals surface area contributed by atoms with E-state index in [4.69, 9.17) is 5.73 Å². The van der Waals surface area contributed by atoms with E-state index >= 15 is 0 Å². The molecule has 96 valence electrons. The van der Waals surface area contributed by atoms with E-state index < -0.39 is 4.92 Å². The third-order valence-corrected chi connectivity index (χ3v) is 2.92. The predicted molar refractivity (Wildman–Crippen MR) is 74.6 cm³/mol. The van der Waals surface area contributed by atoms with Gasteiger partial charge in [0.05, 0.1) is 4.92 Å². The number of pyridine rings is 1. The Labute approximate surface area is 110 Å². The second-order valence-electron chi connectivity index (χ2n) is 4.20. The van der Waals surface area contributed by atoms with Crippen molar-refractivity contribution < 1.29 is 4.92 Å². The molecule has 0 saturated heterocycles. The Bertz CT molecular complexity index is 651. The van der Waals surface area contributed by atoms with Crippen LogP contribution in [-0.4, -0.2) is 9.91 Å². The summed E-state index contributed by atoms with van der Waals surface area (Å²) < 4.78 is 0. The summed E-state index contributed by atoms with van der Waals surface area (Å²) in [4.78, 5) is 14.3. The SMILES string of the molecule is C=C(c1ccncc1)c1cc(C)c([N+](=O)[O-])cc1N. The second kappa shape index (κ2) is 4.89. The Morgan fingerprint density at radius 2 is 2.00 bits per heavy atom. The summed E-state index contributed by atoms with van der Waals surface area (Å²) in [6.45, 7) is 5.68. The standard InChI is InChI=1S/C14H13N3O2/c1-9-7-12(13(15)8-14(9)17(18)19)10(2)11-3-5-16-6-4-11/h3-8H,2,15H2,1H3. The lowest BCUT2D eigenvalue weighted by Gasteiger charge is -2.10. The molecule has 5 heteroatoms. The molecule has 5 nitrogen and oxygen atoms in total. The third kappa shape index (κ3) is 2.44. The van der Waals surface area contributed by atoms with Crippen molar-refractivity contribution >= 4 is 16.9 Å². The van der Waals surface area contributed by atoms with Gasteiger partial charge in [0.2, 0.25) is 0 Å². The average molecular weight is 255 g/mol. The van der Waals surface area contributed by atoms with Crippen molar-refractivity contribution in [2.24, 2.45) is 0 Å². The van der Waals surface area contributed by atoms with Gasteiger partial charge in [-0.25, -0.2) is 0 Å². The molecule has 0 amide bonds. The van der Waals surface area contributed by atoms with Crippen LogP contribution in [0.2, 0.25) is 0 Å². The van der Waals surface area contributed by atoms with E-state index in [0.29, 0.717) is 16.8 Å². The number of hydrogen-bond acceptors (Lipinski definition) is 4. The molecule has 0 bridgehead atoms. The van der Waals surface area contributed by atoms with Crippen LogP contribution in [0.25, 0.3) is 5.57 Å². The van der Waals surface area contributed by atoms with Gasteiger partial charge in [-0.1, -0.05) is 6.58 Å². The Hall–Kier alpha value is -2.69. The molecule has 0 radical (unpaired) electrons. The van der Waals surface area contributed by atoms with Crippen LogP contribution < -0.4 is 5.73 Å². The predicted octanol–water partition coefficient (Wildman–Crippen LogP) is 2.94. The van der Waals surface area contributed by atoms with Crippen molar-refractivity contribution in [1.82, 2.24) is 4.98 Å². The van der Waals surface area contributed by atoms with Crippen molar-refractivity contribution in [3.63, 3.8) is 0 Å². The first-order valence-electron chi connectivity index (χ1n) is 5.65. The number of nitrogens with two attached hydrogens (primary N) is 1. The largest absolute Gasteiger partial charge is 0.398 e. The summed E-state index contributed by atoms with van der Waals surface area (Å²) in [5.74, 6) is 0. The molecular formula is C14H13N3O2. The highest BCUT2D eigenvalue weighted by atomic mass is 16.6. The van der Waals surface area contributed by atoms with E-state index in [9.17, 15) is 10.1 Å². The van der Waals surface area contributed by atoms with E-state index in [2.05, 4.69) is 11.6 Å². The van der Waals surface area contributed by atoms with Crippen LogP contribution in [-0.2, 0) is 0 Å². The van der Waals surface area contributed by atoms with Crippen LogP contribution in [0.5, 0.6) is 0 Å². The Balaban J connectivity index is 2.50. The Kier molecular flexibility index (Phi) is 3.29. The maximum Gasteiger partial charge on any atom is 0.274 e. The number of hydrogen-bond donors (Lipinski definition) is 1. The second-order valence-corrected chi connectivity index (χ2v) is 4.20. The zero-order valence-corrected chi connectivity index (χ0v) is 10.5. The topological polar surface area (TPSA) is 82.0 Å². The number of nitrogens with zero attached hydrogens (tertiary/aromatic N) is 2. The Morgan fingerprint density at radius 1 is 1.37 bits per heavy atom. The molecule has 0 atom stereocenters. The van der Waals surface area contributed by atoms with Crippen LogP contribution in [0.3, 0.4) is 0 Å². The summed E-state index contributed by atoms with van der Waals surface area (Å²) in [6, 6.07) is 6.70. The first kappa shape index (κ1) is 12.8. The van der Waals surface area contributed by atoms with Gasteiger partial charge in [0.25, 0.3) is 5.69 Å². The fraction of sp³-hybridized carbons (Fsp3) is 0.0714. The van der Waals surface area contributed by atoms with Gasteiger partial charge < -0.3 is 5.73 Å². The number of aryl methyl sites for hydroxylation is 1. The summed E-state index contributed by atoms with van der Waals surface area (Å²) in [7, 11) is 0. The quantitative estimate of drug-likeness (QED) is 0.519. The van der Waals surface area contributed by atoms with E-state index in [1.807, 2.05) is 12.1 Å². The number of nitro groups is 1. The van der Waals surface area contributed by atoms with Gasteiger partial charge in [-0.3, -0.25) is 15.1 Å². The maximum absolute atomic E-state index is 10.8. The molecule has 2 N–H and O–H groups in total. The van der Waals surface area contributed by atoms with E-state index in [-0.39, 0.29) is 5.69 Å². The maximum atomic E-state index is 10.8. The number of rotatable bonds is 3. The first-order chi connectivity index (χ1) is 9.00. The van der Waals surface area contributed by atoms with Gasteiger partial charge in [0.15, 0.2) is 0 Å². The number of aromatic nitrogens is 1. The van der Waals surface area contributed by atoms with E-state index in [0.717, 1.165) is 11.1 Å². The number of benzene rings is 1. The monoisotopic (exact) mass is 255 g/mol. The highest BCUT2D eigenvalue weighted by Crippen LogP contribution is 2.31. The lowest BCUT2D eigenvalue weighted by atomic mass is 9.96. The summed E-state index contributed by atoms with van der Waals surface area (Å²) >= 11 is 0. The minimum absolute atomic E-state index is 0.0174. The van der Waals surface area contributed by atoms with Gasteiger partial charge in [0, 0.05) is 35.3 Å². The molecule has 0 fully saturated rings. The van der Waals surface area contributed by atoms with Gasteiger partial charge >= 0.3 is 0 Å². The molecule has 2 rings (SSSR count). The summed E-state index contributed by atoms with van der Waals surface area (Å²) in [6.07, 6.45) is 3.32. The van der Waals surface area contributed by atoms with Crippen LogP contribution in [0.4, 0.5) is 11.4 Å². The average Bonchev–Trinajstić information content (AvgIpc) is 2.41. The van der Waals surface area contributed by atoms with Gasteiger partial charge in [0.1, 0.15) is 0 Å². The molecule has 0 unspecified atom stereocenters. The lowest BCUT2D eigenvalue weighted by molar-refractivity contribution is -0.385. The van der Waals surface area contributed by atoms with Crippen molar-refractivity contribution in [3.05, 3.63) is 70.0 Å². The third-order valence-electron chi connectivity index (χ3n) is 2.92. The highest BCUT2D eigenvalue weighted by molar-refractivity contribution is 5.85. The molecule has 1 heterocycles. The zero-order chi connectivity index (χ0) is 14.0. The van der Waals surface area contributed by atoms with Gasteiger partial charge in [-0.05, 0) is 36.3 Å².